The summed E-state index contributed by atoms with van der Waals surface area (Å²) in [6.07, 6.45) is 0.575. The van der Waals surface area contributed by atoms with Crippen LogP contribution in [0.2, 0.25) is 0 Å². The van der Waals surface area contributed by atoms with Crippen LogP contribution in [0.1, 0.15) is 6.42 Å². The Morgan fingerprint density at radius 3 is 2.94 bits per heavy atom. The molecule has 0 aliphatic carbocycles. The molecule has 90 valence electrons. The minimum Gasteiger partial charge on any atom is -0.399 e. The molecule has 17 heavy (non-hydrogen) atoms. The average molecular weight is 250 g/mol. The number of aromatic nitrogens is 1. The Kier molecular flexibility index (Phi) is 3.61. The van der Waals surface area contributed by atoms with E-state index in [4.69, 9.17) is 10.8 Å². The molecule has 0 bridgehead atoms. The van der Waals surface area contributed by atoms with Crippen LogP contribution in [0, 0.1) is 0 Å². The lowest BCUT2D eigenvalue weighted by Gasteiger charge is -2.07. The number of nitrogen functional groups attached to an aromatic ring is 1. The SMILES string of the molecule is Nc1cccc(-c2csc(=O)n2CCCO)c1. The quantitative estimate of drug-likeness (QED) is 0.809. The number of thiazole rings is 1. The Hall–Kier alpha value is -1.59. The van der Waals surface area contributed by atoms with E-state index in [1.54, 1.807) is 4.57 Å². The molecule has 0 saturated carbocycles. The van der Waals surface area contributed by atoms with Crippen LogP contribution in [0.3, 0.4) is 0 Å². The van der Waals surface area contributed by atoms with E-state index in [1.165, 1.54) is 11.3 Å². The minimum atomic E-state index is -0.00382. The van der Waals surface area contributed by atoms with Gasteiger partial charge in [0.25, 0.3) is 0 Å². The van der Waals surface area contributed by atoms with Crippen LogP contribution in [-0.2, 0) is 6.54 Å². The van der Waals surface area contributed by atoms with Crippen molar-refractivity contribution in [1.82, 2.24) is 4.57 Å². The summed E-state index contributed by atoms with van der Waals surface area (Å²) >= 11 is 1.17. The van der Waals surface area contributed by atoms with E-state index >= 15 is 0 Å². The highest BCUT2D eigenvalue weighted by Crippen LogP contribution is 2.22. The van der Waals surface area contributed by atoms with Gasteiger partial charge in [0.15, 0.2) is 0 Å². The van der Waals surface area contributed by atoms with Gasteiger partial charge >= 0.3 is 4.87 Å². The molecule has 1 aromatic heterocycles. The fourth-order valence-corrected chi connectivity index (χ4v) is 2.49. The van der Waals surface area contributed by atoms with Gasteiger partial charge in [-0.15, -0.1) is 0 Å². The van der Waals surface area contributed by atoms with E-state index in [9.17, 15) is 4.79 Å². The standard InChI is InChI=1S/C12H14N2O2S/c13-10-4-1-3-9(7-10)11-8-17-12(16)14(11)5-2-6-15/h1,3-4,7-8,15H,2,5-6,13H2. The van der Waals surface area contributed by atoms with Crippen LogP contribution in [0.4, 0.5) is 5.69 Å². The number of benzene rings is 1. The van der Waals surface area contributed by atoms with E-state index in [1.807, 2.05) is 29.6 Å². The lowest BCUT2D eigenvalue weighted by Crippen LogP contribution is -2.15. The number of hydrogen-bond acceptors (Lipinski definition) is 4. The van der Waals surface area contributed by atoms with Gasteiger partial charge in [0.1, 0.15) is 0 Å². The molecule has 0 unspecified atom stereocenters. The molecule has 3 N–H and O–H groups in total. The number of aliphatic hydroxyl groups is 1. The van der Waals surface area contributed by atoms with Gasteiger partial charge in [-0.05, 0) is 18.6 Å². The van der Waals surface area contributed by atoms with E-state index in [0.717, 1.165) is 11.3 Å². The highest BCUT2D eigenvalue weighted by molar-refractivity contribution is 7.07. The summed E-state index contributed by atoms with van der Waals surface area (Å²) in [5, 5.41) is 10.7. The van der Waals surface area contributed by atoms with Gasteiger partial charge in [-0.2, -0.15) is 0 Å². The summed E-state index contributed by atoms with van der Waals surface area (Å²) < 4.78 is 1.68. The smallest absolute Gasteiger partial charge is 0.307 e. The molecule has 0 amide bonds. The number of rotatable bonds is 4. The lowest BCUT2D eigenvalue weighted by molar-refractivity contribution is 0.279. The van der Waals surface area contributed by atoms with Gasteiger partial charge in [-0.3, -0.25) is 9.36 Å². The molecule has 0 radical (unpaired) electrons. The zero-order valence-corrected chi connectivity index (χ0v) is 10.1. The molecule has 0 fully saturated rings. The molecule has 5 heteroatoms. The fraction of sp³-hybridized carbons (Fsp3) is 0.250. The normalized spacial score (nSPS) is 10.6. The van der Waals surface area contributed by atoms with Crippen molar-refractivity contribution >= 4 is 17.0 Å². The van der Waals surface area contributed by atoms with Crippen molar-refractivity contribution in [1.29, 1.82) is 0 Å². The molecule has 0 aliphatic rings. The maximum absolute atomic E-state index is 11.7. The molecule has 0 atom stereocenters. The summed E-state index contributed by atoms with van der Waals surface area (Å²) in [7, 11) is 0. The van der Waals surface area contributed by atoms with Crippen molar-refractivity contribution < 1.29 is 5.11 Å². The van der Waals surface area contributed by atoms with Gasteiger partial charge in [-0.1, -0.05) is 23.5 Å². The Balaban J connectivity index is 2.42. The highest BCUT2D eigenvalue weighted by Gasteiger charge is 2.08. The van der Waals surface area contributed by atoms with Crippen LogP contribution in [0.5, 0.6) is 0 Å². The fourth-order valence-electron chi connectivity index (χ4n) is 1.69. The molecule has 0 aliphatic heterocycles. The Morgan fingerprint density at radius 2 is 2.24 bits per heavy atom. The Morgan fingerprint density at radius 1 is 1.41 bits per heavy atom. The second-order valence-electron chi connectivity index (χ2n) is 3.74. The van der Waals surface area contributed by atoms with Gasteiger partial charge in [0.2, 0.25) is 0 Å². The van der Waals surface area contributed by atoms with Crippen molar-refractivity contribution in [2.45, 2.75) is 13.0 Å². The van der Waals surface area contributed by atoms with Gasteiger partial charge in [0, 0.05) is 29.8 Å². The van der Waals surface area contributed by atoms with Crippen LogP contribution < -0.4 is 10.6 Å². The first-order valence-electron chi connectivity index (χ1n) is 5.37. The third kappa shape index (κ3) is 2.57. The monoisotopic (exact) mass is 250 g/mol. The first-order valence-corrected chi connectivity index (χ1v) is 6.25. The first-order chi connectivity index (χ1) is 8.22. The predicted octanol–water partition coefficient (Wildman–Crippen LogP) is 1.54. The van der Waals surface area contributed by atoms with E-state index in [-0.39, 0.29) is 11.5 Å². The zero-order valence-electron chi connectivity index (χ0n) is 9.30. The summed E-state index contributed by atoms with van der Waals surface area (Å²) in [5.41, 5.74) is 8.20. The number of hydrogen-bond donors (Lipinski definition) is 2. The highest BCUT2D eigenvalue weighted by atomic mass is 32.1. The van der Waals surface area contributed by atoms with Crippen molar-refractivity contribution in [3.05, 3.63) is 39.3 Å². The van der Waals surface area contributed by atoms with Crippen molar-refractivity contribution in [2.24, 2.45) is 0 Å². The summed E-state index contributed by atoms with van der Waals surface area (Å²) in [5.74, 6) is 0. The molecule has 1 heterocycles. The summed E-state index contributed by atoms with van der Waals surface area (Å²) in [6.45, 7) is 0.613. The maximum Gasteiger partial charge on any atom is 0.307 e. The number of anilines is 1. The van der Waals surface area contributed by atoms with Gasteiger partial charge < -0.3 is 10.8 Å². The second kappa shape index (κ2) is 5.16. The molecule has 2 aromatic rings. The Labute approximate surface area is 103 Å². The zero-order chi connectivity index (χ0) is 12.3. The van der Waals surface area contributed by atoms with Crippen LogP contribution >= 0.6 is 11.3 Å². The lowest BCUT2D eigenvalue weighted by atomic mass is 10.1. The molecule has 4 nitrogen and oxygen atoms in total. The van der Waals surface area contributed by atoms with Crippen molar-refractivity contribution in [3.63, 3.8) is 0 Å². The number of nitrogens with zero attached hydrogens (tertiary/aromatic N) is 1. The van der Waals surface area contributed by atoms with Crippen molar-refractivity contribution in [3.8, 4) is 11.3 Å². The van der Waals surface area contributed by atoms with Crippen LogP contribution in [0.15, 0.2) is 34.4 Å². The van der Waals surface area contributed by atoms with E-state index < -0.39 is 0 Å². The molecular formula is C12H14N2O2S. The number of aliphatic hydroxyl groups excluding tert-OH is 1. The van der Waals surface area contributed by atoms with Crippen LogP contribution in [0.25, 0.3) is 11.3 Å². The summed E-state index contributed by atoms with van der Waals surface area (Å²) in [4.78, 5) is 11.7. The molecule has 2 rings (SSSR count). The average Bonchev–Trinajstić information content (AvgIpc) is 2.68. The third-order valence-electron chi connectivity index (χ3n) is 2.50. The largest absolute Gasteiger partial charge is 0.399 e. The summed E-state index contributed by atoms with van der Waals surface area (Å²) in [6, 6.07) is 7.44. The van der Waals surface area contributed by atoms with E-state index in [0.29, 0.717) is 18.7 Å². The van der Waals surface area contributed by atoms with Gasteiger partial charge in [0.05, 0.1) is 5.69 Å². The molecular weight excluding hydrogens is 236 g/mol. The minimum absolute atomic E-state index is 0.00382. The van der Waals surface area contributed by atoms with Crippen LogP contribution in [-0.4, -0.2) is 16.3 Å². The molecule has 1 aromatic carbocycles. The number of nitrogens with two attached hydrogens (primary N) is 1. The van der Waals surface area contributed by atoms with Gasteiger partial charge in [-0.25, -0.2) is 0 Å². The topological polar surface area (TPSA) is 68.2 Å². The second-order valence-corrected chi connectivity index (χ2v) is 4.56. The van der Waals surface area contributed by atoms with Crippen molar-refractivity contribution in [2.75, 3.05) is 12.3 Å². The molecule has 0 spiro atoms. The Bertz CT molecular complexity index is 560. The predicted molar refractivity (Wildman–Crippen MR) is 70.1 cm³/mol. The third-order valence-corrected chi connectivity index (χ3v) is 3.27. The molecule has 0 saturated heterocycles. The maximum atomic E-state index is 11.7. The first kappa shape index (κ1) is 11.9. The van der Waals surface area contributed by atoms with E-state index in [2.05, 4.69) is 0 Å².